The summed E-state index contributed by atoms with van der Waals surface area (Å²) in [5.41, 5.74) is -2.20. The fourth-order valence-corrected chi connectivity index (χ4v) is 5.14. The molecule has 0 fully saturated rings. The van der Waals surface area contributed by atoms with E-state index in [1.807, 2.05) is 0 Å². The Kier molecular flexibility index (Phi) is 14.7. The third-order valence-electron chi connectivity index (χ3n) is 6.19. The molecular weight excluding hydrogens is 472 g/mol. The van der Waals surface area contributed by atoms with Gasteiger partial charge in [-0.25, -0.2) is 4.79 Å². The van der Waals surface area contributed by atoms with Crippen molar-refractivity contribution >= 4 is 27.9 Å². The second-order valence-corrected chi connectivity index (χ2v) is 12.4. The first-order valence-electron chi connectivity index (χ1n) is 12.9. The van der Waals surface area contributed by atoms with Gasteiger partial charge in [0.1, 0.15) is 6.04 Å². The first-order chi connectivity index (χ1) is 16.0. The molecule has 0 heterocycles. The highest BCUT2D eigenvalue weighted by atomic mass is 32.2. The molecule has 2 unspecified atom stereocenters. The number of nitrogens with one attached hydrogen (secondary N) is 2. The number of unbranched alkanes of at least 4 members (excludes halogenated alkanes) is 7. The summed E-state index contributed by atoms with van der Waals surface area (Å²) in [4.78, 5) is 37.4. The van der Waals surface area contributed by atoms with Gasteiger partial charge in [-0.05, 0) is 33.1 Å². The summed E-state index contributed by atoms with van der Waals surface area (Å²) in [5.74, 6) is -3.16. The lowest BCUT2D eigenvalue weighted by Crippen LogP contribution is -2.52. The first-order valence-corrected chi connectivity index (χ1v) is 14.5. The molecule has 0 aromatic rings. The van der Waals surface area contributed by atoms with Gasteiger partial charge in [-0.3, -0.25) is 14.1 Å². The minimum atomic E-state index is -4.28. The van der Waals surface area contributed by atoms with Crippen LogP contribution in [0.2, 0.25) is 0 Å². The maximum atomic E-state index is 12.9. The smallest absolute Gasteiger partial charge is 0.326 e. The number of rotatable bonds is 19. The quantitative estimate of drug-likeness (QED) is 0.146. The van der Waals surface area contributed by atoms with Crippen LogP contribution in [0.5, 0.6) is 0 Å². The van der Waals surface area contributed by atoms with Crippen molar-refractivity contribution in [2.24, 2.45) is 11.3 Å². The minimum absolute atomic E-state index is 0.160. The highest BCUT2D eigenvalue weighted by molar-refractivity contribution is 7.85. The van der Waals surface area contributed by atoms with Gasteiger partial charge in [0.05, 0.1) is 11.3 Å². The van der Waals surface area contributed by atoms with Gasteiger partial charge in [-0.15, -0.1) is 0 Å². The van der Waals surface area contributed by atoms with Crippen LogP contribution in [0.3, 0.4) is 0 Å². The van der Waals surface area contributed by atoms with Gasteiger partial charge < -0.3 is 15.7 Å². The molecule has 206 valence electrons. The van der Waals surface area contributed by atoms with Crippen LogP contribution in [0.1, 0.15) is 112 Å². The van der Waals surface area contributed by atoms with Crippen molar-refractivity contribution in [2.45, 2.75) is 124 Å². The second-order valence-electron chi connectivity index (χ2n) is 10.9. The van der Waals surface area contributed by atoms with Crippen molar-refractivity contribution in [2.75, 3.05) is 5.75 Å². The second kappa shape index (κ2) is 15.4. The molecule has 35 heavy (non-hydrogen) atoms. The van der Waals surface area contributed by atoms with Crippen LogP contribution in [0.4, 0.5) is 0 Å². The van der Waals surface area contributed by atoms with Gasteiger partial charge in [0.2, 0.25) is 11.8 Å². The van der Waals surface area contributed by atoms with Crippen molar-refractivity contribution < 1.29 is 32.5 Å². The maximum absolute atomic E-state index is 12.9. The Morgan fingerprint density at radius 1 is 0.886 bits per heavy atom. The Morgan fingerprint density at radius 2 is 1.40 bits per heavy atom. The molecule has 0 saturated heterocycles. The number of carbonyl (C=O) groups excluding carboxylic acids is 2. The molecule has 0 rings (SSSR count). The van der Waals surface area contributed by atoms with Gasteiger partial charge in [-0.1, -0.05) is 79.1 Å². The van der Waals surface area contributed by atoms with E-state index in [1.54, 1.807) is 20.8 Å². The van der Waals surface area contributed by atoms with E-state index < -0.39 is 56.6 Å². The standard InChI is InChI=1S/C25H48N2O7S/c1-7-9-10-11-12-13-14-15-16-20(22(29)30)26-23(31)24(3,4)17-19(8-2)21(28)27-25(5,6)18-35(32,33)34/h19-20H,7-18H2,1-6H3,(H,26,31)(H,27,28)(H,29,30)(H,32,33,34). The van der Waals surface area contributed by atoms with Crippen LogP contribution in [-0.2, 0) is 24.5 Å². The summed E-state index contributed by atoms with van der Waals surface area (Å²) >= 11 is 0. The van der Waals surface area contributed by atoms with Gasteiger partial charge in [0.15, 0.2) is 0 Å². The molecule has 0 aliphatic carbocycles. The van der Waals surface area contributed by atoms with Crippen molar-refractivity contribution in [3.8, 4) is 0 Å². The van der Waals surface area contributed by atoms with Crippen molar-refractivity contribution in [3.63, 3.8) is 0 Å². The normalized spacial score (nSPS) is 14.3. The molecule has 0 aromatic heterocycles. The van der Waals surface area contributed by atoms with Crippen LogP contribution in [0.25, 0.3) is 0 Å². The van der Waals surface area contributed by atoms with Crippen LogP contribution < -0.4 is 10.6 Å². The molecular formula is C25H48N2O7S. The predicted octanol–water partition coefficient (Wildman–Crippen LogP) is 4.31. The molecule has 9 nitrogen and oxygen atoms in total. The predicted molar refractivity (Wildman–Crippen MR) is 138 cm³/mol. The zero-order valence-electron chi connectivity index (χ0n) is 22.5. The molecule has 2 amide bonds. The number of amides is 2. The lowest BCUT2D eigenvalue weighted by molar-refractivity contribution is -0.144. The van der Waals surface area contributed by atoms with E-state index in [0.29, 0.717) is 19.3 Å². The van der Waals surface area contributed by atoms with Crippen molar-refractivity contribution in [3.05, 3.63) is 0 Å². The molecule has 4 N–H and O–H groups in total. The molecule has 0 aromatic carbocycles. The molecule has 0 bridgehead atoms. The number of carboxylic acid groups (broad SMARTS) is 1. The molecule has 2 atom stereocenters. The van der Waals surface area contributed by atoms with Crippen LogP contribution in [0, 0.1) is 11.3 Å². The summed E-state index contributed by atoms with van der Waals surface area (Å²) in [5, 5.41) is 14.9. The third-order valence-corrected chi connectivity index (χ3v) is 7.28. The average molecular weight is 521 g/mol. The van der Waals surface area contributed by atoms with Gasteiger partial charge in [-0.2, -0.15) is 8.42 Å². The largest absolute Gasteiger partial charge is 0.480 e. The molecule has 0 aliphatic rings. The lowest BCUT2D eigenvalue weighted by Gasteiger charge is -2.32. The Bertz CT molecular complexity index is 779. The van der Waals surface area contributed by atoms with Gasteiger partial charge in [0, 0.05) is 11.3 Å². The van der Waals surface area contributed by atoms with E-state index in [2.05, 4.69) is 17.6 Å². The lowest BCUT2D eigenvalue weighted by atomic mass is 9.80. The van der Waals surface area contributed by atoms with Crippen LogP contribution in [-0.4, -0.2) is 53.2 Å². The van der Waals surface area contributed by atoms with Crippen molar-refractivity contribution in [1.82, 2.24) is 10.6 Å². The molecule has 0 saturated carbocycles. The zero-order chi connectivity index (χ0) is 27.3. The highest BCUT2D eigenvalue weighted by Crippen LogP contribution is 2.29. The fourth-order valence-electron chi connectivity index (χ4n) is 4.15. The first kappa shape index (κ1) is 33.3. The van der Waals surface area contributed by atoms with E-state index in [9.17, 15) is 27.9 Å². The number of hydrogen-bond donors (Lipinski definition) is 4. The highest BCUT2D eigenvalue weighted by Gasteiger charge is 2.37. The molecule has 0 spiro atoms. The van der Waals surface area contributed by atoms with Gasteiger partial charge >= 0.3 is 5.97 Å². The van der Waals surface area contributed by atoms with E-state index in [-0.39, 0.29) is 6.42 Å². The maximum Gasteiger partial charge on any atom is 0.326 e. The van der Waals surface area contributed by atoms with Crippen LogP contribution in [0.15, 0.2) is 0 Å². The fraction of sp³-hybridized carbons (Fsp3) is 0.880. The minimum Gasteiger partial charge on any atom is -0.480 e. The summed E-state index contributed by atoms with van der Waals surface area (Å²) in [7, 11) is -4.28. The monoisotopic (exact) mass is 520 g/mol. The summed E-state index contributed by atoms with van der Waals surface area (Å²) in [6.07, 6.45) is 9.62. The average Bonchev–Trinajstić information content (AvgIpc) is 2.70. The molecule has 0 aliphatic heterocycles. The number of hydrogen-bond acceptors (Lipinski definition) is 5. The Hall–Kier alpha value is -1.68. The van der Waals surface area contributed by atoms with Gasteiger partial charge in [0.25, 0.3) is 10.1 Å². The van der Waals surface area contributed by atoms with E-state index in [1.165, 1.54) is 39.5 Å². The molecule has 0 radical (unpaired) electrons. The van der Waals surface area contributed by atoms with Crippen molar-refractivity contribution in [1.29, 1.82) is 0 Å². The number of aliphatic carboxylic acids is 1. The van der Waals surface area contributed by atoms with E-state index >= 15 is 0 Å². The SMILES string of the molecule is CCCCCCCCCCC(NC(=O)C(C)(C)CC(CC)C(=O)NC(C)(C)CS(=O)(=O)O)C(=O)O. The summed E-state index contributed by atoms with van der Waals surface area (Å²) < 4.78 is 31.5. The topological polar surface area (TPSA) is 150 Å². The third kappa shape index (κ3) is 15.1. The van der Waals surface area contributed by atoms with Crippen LogP contribution >= 0.6 is 0 Å². The zero-order valence-corrected chi connectivity index (χ0v) is 23.3. The van der Waals surface area contributed by atoms with E-state index in [0.717, 1.165) is 19.3 Å². The Balaban J connectivity index is 4.88. The summed E-state index contributed by atoms with van der Waals surface area (Å²) in [6, 6.07) is -0.982. The Labute approximate surface area is 212 Å². The molecule has 10 heteroatoms. The number of carbonyl (C=O) groups is 3. The Morgan fingerprint density at radius 3 is 1.86 bits per heavy atom. The number of carboxylic acids is 1. The van der Waals surface area contributed by atoms with E-state index in [4.69, 9.17) is 4.55 Å². The summed E-state index contributed by atoms with van der Waals surface area (Å²) in [6.45, 7) is 10.3.